The number of carboxylic acid groups (broad SMARTS) is 2. The number of aliphatic hydroxyl groups excluding tert-OH is 2. The van der Waals surface area contributed by atoms with Crippen LogP contribution in [0, 0.1) is 0 Å². The molecular formula is C21H43NaO6. The topological polar surface area (TPSA) is 115 Å². The molecule has 0 aromatic heterocycles. The number of carboxylic acids is 2. The molecule has 0 aliphatic carbocycles. The minimum absolute atomic E-state index is 0. The fourth-order valence-corrected chi connectivity index (χ4v) is 2.73. The third-order valence-corrected chi connectivity index (χ3v) is 4.45. The number of unbranched alkanes of at least 4 members (excludes halogenated alkanes) is 14. The van der Waals surface area contributed by atoms with Crippen LogP contribution in [0.15, 0.2) is 0 Å². The molecule has 0 heterocycles. The fraction of sp³-hybridized carbons (Fsp3) is 0.905. The molecule has 0 aromatic rings. The van der Waals surface area contributed by atoms with E-state index in [9.17, 15) is 9.59 Å². The standard InChI is InChI=1S/C18H36O2.C3H6O4.Na.H/c1-2-3-4-5-6-7-8-9-10-11-12-13-14-15-16-17-18(19)20;4-1-2(5)3(6)7;;/h2-17H2,1H3,(H,19,20);2,4-5H,1H2,(H,6,7);;. The van der Waals surface area contributed by atoms with Crippen molar-refractivity contribution in [2.45, 2.75) is 116 Å². The van der Waals surface area contributed by atoms with Crippen LogP contribution in [0.25, 0.3) is 0 Å². The molecule has 164 valence electrons. The molecule has 4 N–H and O–H groups in total. The quantitative estimate of drug-likeness (QED) is 0.198. The Hall–Kier alpha value is -0.140. The predicted molar refractivity (Wildman–Crippen MR) is 115 cm³/mol. The Morgan fingerprint density at radius 1 is 0.679 bits per heavy atom. The van der Waals surface area contributed by atoms with E-state index in [1.807, 2.05) is 0 Å². The SMILES string of the molecule is CCCCCCCCCCCCCCCCCC(=O)O.O=C(O)C(O)CO.[NaH]. The summed E-state index contributed by atoms with van der Waals surface area (Å²) in [6.45, 7) is 1.54. The van der Waals surface area contributed by atoms with E-state index in [1.165, 1.54) is 83.5 Å². The van der Waals surface area contributed by atoms with E-state index >= 15 is 0 Å². The van der Waals surface area contributed by atoms with Gasteiger partial charge in [0.2, 0.25) is 0 Å². The van der Waals surface area contributed by atoms with Crippen LogP contribution in [0.5, 0.6) is 0 Å². The van der Waals surface area contributed by atoms with Crippen molar-refractivity contribution in [2.24, 2.45) is 0 Å². The van der Waals surface area contributed by atoms with Gasteiger partial charge in [0.05, 0.1) is 6.61 Å². The molecule has 28 heavy (non-hydrogen) atoms. The van der Waals surface area contributed by atoms with Crippen molar-refractivity contribution in [1.82, 2.24) is 0 Å². The van der Waals surface area contributed by atoms with E-state index in [0.717, 1.165) is 12.8 Å². The van der Waals surface area contributed by atoms with E-state index in [1.54, 1.807) is 0 Å². The maximum absolute atomic E-state index is 10.3. The van der Waals surface area contributed by atoms with Gasteiger partial charge >= 0.3 is 41.5 Å². The average Bonchev–Trinajstić information content (AvgIpc) is 2.64. The monoisotopic (exact) mass is 414 g/mol. The van der Waals surface area contributed by atoms with Crippen LogP contribution < -0.4 is 0 Å². The Morgan fingerprint density at radius 2 is 1.00 bits per heavy atom. The Kier molecular flexibility index (Phi) is 31.2. The van der Waals surface area contributed by atoms with E-state index in [4.69, 9.17) is 20.4 Å². The normalized spacial score (nSPS) is 11.1. The van der Waals surface area contributed by atoms with Crippen molar-refractivity contribution >= 4 is 41.5 Å². The number of aliphatic carboxylic acids is 2. The Balaban J connectivity index is -0.000000665. The van der Waals surface area contributed by atoms with Gasteiger partial charge < -0.3 is 20.4 Å². The molecule has 1 unspecified atom stereocenters. The number of hydrogen-bond donors (Lipinski definition) is 4. The van der Waals surface area contributed by atoms with E-state index in [2.05, 4.69) is 6.92 Å². The molecule has 7 heteroatoms. The molecule has 1 atom stereocenters. The fourth-order valence-electron chi connectivity index (χ4n) is 2.73. The molecule has 0 fully saturated rings. The van der Waals surface area contributed by atoms with Gasteiger partial charge in [0, 0.05) is 6.42 Å². The van der Waals surface area contributed by atoms with E-state index < -0.39 is 24.6 Å². The van der Waals surface area contributed by atoms with Gasteiger partial charge in [-0.3, -0.25) is 4.79 Å². The zero-order valence-electron chi connectivity index (χ0n) is 17.2. The van der Waals surface area contributed by atoms with Gasteiger partial charge in [0.15, 0.2) is 6.10 Å². The summed E-state index contributed by atoms with van der Waals surface area (Å²) in [6, 6.07) is 0. The zero-order valence-corrected chi connectivity index (χ0v) is 17.2. The van der Waals surface area contributed by atoms with Crippen LogP contribution in [0.4, 0.5) is 0 Å². The third-order valence-electron chi connectivity index (χ3n) is 4.45. The predicted octanol–water partition coefficient (Wildman–Crippen LogP) is 4.11. The molecule has 0 aliphatic rings. The molecule has 0 amide bonds. The van der Waals surface area contributed by atoms with Crippen molar-refractivity contribution in [3.05, 3.63) is 0 Å². The van der Waals surface area contributed by atoms with E-state index in [-0.39, 0.29) is 29.6 Å². The van der Waals surface area contributed by atoms with Crippen molar-refractivity contribution in [3.63, 3.8) is 0 Å². The van der Waals surface area contributed by atoms with Crippen molar-refractivity contribution in [2.75, 3.05) is 6.61 Å². The number of rotatable bonds is 18. The van der Waals surface area contributed by atoms with Gasteiger partial charge in [-0.25, -0.2) is 4.79 Å². The first-order valence-corrected chi connectivity index (χ1v) is 10.7. The number of hydrogen-bond acceptors (Lipinski definition) is 4. The van der Waals surface area contributed by atoms with Gasteiger partial charge in [-0.2, -0.15) is 0 Å². The van der Waals surface area contributed by atoms with Crippen LogP contribution in [0.3, 0.4) is 0 Å². The summed E-state index contributed by atoms with van der Waals surface area (Å²) in [5.41, 5.74) is 0. The Bertz CT molecular complexity index is 339. The molecule has 6 nitrogen and oxygen atoms in total. The second-order valence-corrected chi connectivity index (χ2v) is 7.13. The first-order chi connectivity index (χ1) is 13.0. The molecular weight excluding hydrogens is 371 g/mol. The van der Waals surface area contributed by atoms with Crippen LogP contribution in [-0.4, -0.2) is 74.6 Å². The summed E-state index contributed by atoms with van der Waals surface area (Å²) in [5.74, 6) is -2.05. The summed E-state index contributed by atoms with van der Waals surface area (Å²) >= 11 is 0. The van der Waals surface area contributed by atoms with Crippen LogP contribution in [0.2, 0.25) is 0 Å². The summed E-state index contributed by atoms with van der Waals surface area (Å²) in [4.78, 5) is 19.9. The summed E-state index contributed by atoms with van der Waals surface area (Å²) in [6.07, 6.45) is 18.6. The third kappa shape index (κ3) is 30.6. The van der Waals surface area contributed by atoms with Crippen LogP contribution >= 0.6 is 0 Å². The molecule has 0 rings (SSSR count). The summed E-state index contributed by atoms with van der Waals surface area (Å²) < 4.78 is 0. The van der Waals surface area contributed by atoms with E-state index in [0.29, 0.717) is 6.42 Å². The van der Waals surface area contributed by atoms with Gasteiger partial charge in [0.25, 0.3) is 0 Å². The molecule has 0 aliphatic heterocycles. The van der Waals surface area contributed by atoms with Crippen LogP contribution in [0.1, 0.15) is 110 Å². The van der Waals surface area contributed by atoms with Gasteiger partial charge in [-0.05, 0) is 6.42 Å². The molecule has 0 aromatic carbocycles. The summed E-state index contributed by atoms with van der Waals surface area (Å²) in [5, 5.41) is 32.2. The first kappa shape index (κ1) is 32.5. The minimum atomic E-state index is -1.63. The second kappa shape index (κ2) is 26.9. The number of carbonyl (C=O) groups is 2. The Morgan fingerprint density at radius 3 is 1.21 bits per heavy atom. The molecule has 0 saturated carbocycles. The van der Waals surface area contributed by atoms with Crippen molar-refractivity contribution in [3.8, 4) is 0 Å². The molecule has 0 bridgehead atoms. The second-order valence-electron chi connectivity index (χ2n) is 7.13. The molecule has 0 saturated heterocycles. The maximum atomic E-state index is 10.3. The molecule has 0 spiro atoms. The zero-order chi connectivity index (χ0) is 20.8. The van der Waals surface area contributed by atoms with Crippen LogP contribution in [-0.2, 0) is 9.59 Å². The Labute approximate surface area is 193 Å². The average molecular weight is 415 g/mol. The van der Waals surface area contributed by atoms with Gasteiger partial charge in [0.1, 0.15) is 0 Å². The van der Waals surface area contributed by atoms with Gasteiger partial charge in [-0.1, -0.05) is 96.8 Å². The number of aliphatic hydroxyl groups is 2. The van der Waals surface area contributed by atoms with Crippen molar-refractivity contribution in [1.29, 1.82) is 0 Å². The van der Waals surface area contributed by atoms with Gasteiger partial charge in [-0.15, -0.1) is 0 Å². The summed E-state index contributed by atoms with van der Waals surface area (Å²) in [7, 11) is 0. The van der Waals surface area contributed by atoms with Crippen molar-refractivity contribution < 1.29 is 30.0 Å². The first-order valence-electron chi connectivity index (χ1n) is 10.7. The molecule has 0 radical (unpaired) electrons.